The Labute approximate surface area is 210 Å². The molecule has 2 aliphatic heterocycles. The highest BCUT2D eigenvalue weighted by atomic mass is 16.6. The standard InChI is InChI=1S/C27H33NO8/c1-14(29)35-17-11-26(2)16(7-8-18(26)30)20-22(17)27(3)19(13-34-4)36-25(33)15(12-28-9-5-6-10-28)21(27)24(32)23(20)31/h12,16-17,19,32H,5-11,13H2,1-4H3/b15-12+/t16-,17+,19+,26?,27?/m0/s1. The van der Waals surface area contributed by atoms with Gasteiger partial charge in [-0.05, 0) is 31.8 Å². The van der Waals surface area contributed by atoms with E-state index in [0.29, 0.717) is 24.0 Å². The zero-order chi connectivity index (χ0) is 26.0. The number of carbonyl (C=O) groups is 4. The van der Waals surface area contributed by atoms with E-state index in [9.17, 15) is 24.3 Å². The number of aliphatic hydroxyl groups excluding tert-OH is 1. The molecule has 36 heavy (non-hydrogen) atoms. The Bertz CT molecular complexity index is 1140. The molecule has 0 spiro atoms. The highest BCUT2D eigenvalue weighted by Crippen LogP contribution is 2.62. The van der Waals surface area contributed by atoms with E-state index in [0.717, 1.165) is 25.9 Å². The molecule has 2 unspecified atom stereocenters. The number of ketones is 2. The molecule has 5 aliphatic rings. The SMILES string of the molecule is COC[C@H]1OC(=O)/C(=C/N2CCCC2)C2=C(O)C(=O)C3=C([C@H](OC(C)=O)CC4(C)C(=O)CC[C@@H]34)C21C. The fourth-order valence-corrected chi connectivity index (χ4v) is 7.14. The van der Waals surface area contributed by atoms with Crippen LogP contribution in [0.2, 0.25) is 0 Å². The quantitative estimate of drug-likeness (QED) is 0.460. The molecule has 1 saturated carbocycles. The van der Waals surface area contributed by atoms with Gasteiger partial charge in [0.25, 0.3) is 0 Å². The molecule has 2 saturated heterocycles. The lowest BCUT2D eigenvalue weighted by molar-refractivity contribution is -0.160. The van der Waals surface area contributed by atoms with Crippen molar-refractivity contribution < 1.29 is 38.5 Å². The smallest absolute Gasteiger partial charge is 0.340 e. The van der Waals surface area contributed by atoms with E-state index in [1.54, 1.807) is 6.20 Å². The summed E-state index contributed by atoms with van der Waals surface area (Å²) in [6.07, 6.45) is 2.87. The summed E-state index contributed by atoms with van der Waals surface area (Å²) in [5.41, 5.74) is -0.962. The van der Waals surface area contributed by atoms with Gasteiger partial charge < -0.3 is 24.2 Å². The first-order valence-electron chi connectivity index (χ1n) is 12.6. The Hall–Kier alpha value is -2.94. The Kier molecular flexibility index (Phi) is 5.89. The van der Waals surface area contributed by atoms with Gasteiger partial charge in [-0.3, -0.25) is 14.4 Å². The molecular weight excluding hydrogens is 466 g/mol. The van der Waals surface area contributed by atoms with Gasteiger partial charge in [0.1, 0.15) is 18.0 Å². The molecule has 0 amide bonds. The number of allylic oxidation sites excluding steroid dienone is 1. The summed E-state index contributed by atoms with van der Waals surface area (Å²) < 4.78 is 17.1. The van der Waals surface area contributed by atoms with Crippen LogP contribution in [0.25, 0.3) is 0 Å². The minimum Gasteiger partial charge on any atom is -0.504 e. The molecule has 0 aromatic heterocycles. The van der Waals surface area contributed by atoms with Gasteiger partial charge in [0.05, 0.1) is 17.6 Å². The normalized spacial score (nSPS) is 37.2. The van der Waals surface area contributed by atoms with E-state index in [2.05, 4.69) is 0 Å². The van der Waals surface area contributed by atoms with Crippen molar-refractivity contribution in [2.75, 3.05) is 26.8 Å². The number of rotatable bonds is 4. The molecule has 2 heterocycles. The number of carbonyl (C=O) groups excluding carboxylic acids is 4. The first-order chi connectivity index (χ1) is 17.0. The average molecular weight is 500 g/mol. The summed E-state index contributed by atoms with van der Waals surface area (Å²) in [7, 11) is 1.48. The number of cyclic esters (lactones) is 1. The van der Waals surface area contributed by atoms with Crippen LogP contribution >= 0.6 is 0 Å². The summed E-state index contributed by atoms with van der Waals surface area (Å²) >= 11 is 0. The highest BCUT2D eigenvalue weighted by Gasteiger charge is 2.64. The van der Waals surface area contributed by atoms with Crippen molar-refractivity contribution in [2.45, 2.75) is 65.1 Å². The number of likely N-dealkylation sites (tertiary alicyclic amines) is 1. The zero-order valence-electron chi connectivity index (χ0n) is 21.2. The predicted molar refractivity (Wildman–Crippen MR) is 126 cm³/mol. The second-order valence-electron chi connectivity index (χ2n) is 11.0. The van der Waals surface area contributed by atoms with Gasteiger partial charge in [-0.1, -0.05) is 6.92 Å². The van der Waals surface area contributed by atoms with Crippen LogP contribution in [0, 0.1) is 16.7 Å². The van der Waals surface area contributed by atoms with Gasteiger partial charge in [-0.15, -0.1) is 0 Å². The van der Waals surface area contributed by atoms with E-state index in [1.807, 2.05) is 18.7 Å². The molecular formula is C27H33NO8. The van der Waals surface area contributed by atoms with E-state index in [1.165, 1.54) is 14.0 Å². The fraction of sp³-hybridized carbons (Fsp3) is 0.630. The van der Waals surface area contributed by atoms with Crippen LogP contribution in [0.15, 0.2) is 34.3 Å². The maximum atomic E-state index is 13.9. The number of esters is 2. The highest BCUT2D eigenvalue weighted by molar-refractivity contribution is 6.14. The van der Waals surface area contributed by atoms with Crippen LogP contribution in [0.5, 0.6) is 0 Å². The summed E-state index contributed by atoms with van der Waals surface area (Å²) in [5, 5.41) is 11.5. The molecule has 0 aromatic carbocycles. The van der Waals surface area contributed by atoms with Crippen LogP contribution < -0.4 is 0 Å². The Morgan fingerprint density at radius 1 is 1.22 bits per heavy atom. The van der Waals surface area contributed by atoms with Gasteiger partial charge in [-0.2, -0.15) is 0 Å². The molecule has 9 heteroatoms. The lowest BCUT2D eigenvalue weighted by Gasteiger charge is -2.53. The lowest BCUT2D eigenvalue weighted by Crippen LogP contribution is -2.57. The molecule has 0 aromatic rings. The number of nitrogens with zero attached hydrogens (tertiary/aromatic N) is 1. The van der Waals surface area contributed by atoms with Crippen molar-refractivity contribution in [3.63, 3.8) is 0 Å². The van der Waals surface area contributed by atoms with E-state index in [4.69, 9.17) is 14.2 Å². The van der Waals surface area contributed by atoms with Crippen LogP contribution in [0.3, 0.4) is 0 Å². The third-order valence-corrected chi connectivity index (χ3v) is 8.87. The molecule has 194 valence electrons. The van der Waals surface area contributed by atoms with E-state index >= 15 is 0 Å². The Morgan fingerprint density at radius 2 is 1.92 bits per heavy atom. The number of aliphatic hydroxyl groups is 1. The van der Waals surface area contributed by atoms with Crippen LogP contribution in [-0.4, -0.2) is 72.5 Å². The van der Waals surface area contributed by atoms with Crippen molar-refractivity contribution in [3.05, 3.63) is 34.3 Å². The van der Waals surface area contributed by atoms with Gasteiger partial charge in [0.15, 0.2) is 5.76 Å². The maximum absolute atomic E-state index is 13.9. The van der Waals surface area contributed by atoms with Crippen molar-refractivity contribution >= 4 is 23.5 Å². The number of ether oxygens (including phenoxy) is 3. The number of methoxy groups -OCH3 is 1. The molecule has 0 bridgehead atoms. The van der Waals surface area contributed by atoms with Crippen LogP contribution in [-0.2, 0) is 33.4 Å². The van der Waals surface area contributed by atoms with Gasteiger partial charge in [0.2, 0.25) is 5.78 Å². The van der Waals surface area contributed by atoms with Crippen molar-refractivity contribution in [1.82, 2.24) is 4.90 Å². The molecule has 3 aliphatic carbocycles. The summed E-state index contributed by atoms with van der Waals surface area (Å²) in [6.45, 7) is 6.43. The topological polar surface area (TPSA) is 119 Å². The third kappa shape index (κ3) is 3.38. The fourth-order valence-electron chi connectivity index (χ4n) is 7.14. The number of hydrogen-bond acceptors (Lipinski definition) is 9. The minimum atomic E-state index is -1.20. The molecule has 3 fully saturated rings. The first-order valence-corrected chi connectivity index (χ1v) is 12.6. The largest absolute Gasteiger partial charge is 0.504 e. The van der Waals surface area contributed by atoms with Gasteiger partial charge in [-0.25, -0.2) is 4.79 Å². The minimum absolute atomic E-state index is 0.00857. The lowest BCUT2D eigenvalue weighted by atomic mass is 9.53. The van der Waals surface area contributed by atoms with Crippen LogP contribution in [0.4, 0.5) is 0 Å². The number of hydrogen-bond donors (Lipinski definition) is 1. The van der Waals surface area contributed by atoms with E-state index < -0.39 is 52.4 Å². The number of Topliss-reactive ketones (excluding diaryl/α,β-unsaturated/α-hetero) is 2. The molecule has 5 atom stereocenters. The van der Waals surface area contributed by atoms with Crippen molar-refractivity contribution in [1.29, 1.82) is 0 Å². The van der Waals surface area contributed by atoms with Gasteiger partial charge in [0, 0.05) is 68.6 Å². The average Bonchev–Trinajstić information content (AvgIpc) is 3.42. The molecule has 0 radical (unpaired) electrons. The summed E-state index contributed by atoms with van der Waals surface area (Å²) in [4.78, 5) is 54.3. The van der Waals surface area contributed by atoms with Gasteiger partial charge >= 0.3 is 11.9 Å². The molecule has 1 N–H and O–H groups in total. The second-order valence-corrected chi connectivity index (χ2v) is 11.0. The first kappa shape index (κ1) is 24.7. The van der Waals surface area contributed by atoms with Crippen LogP contribution in [0.1, 0.15) is 52.9 Å². The third-order valence-electron chi connectivity index (χ3n) is 8.87. The zero-order valence-corrected chi connectivity index (χ0v) is 21.2. The van der Waals surface area contributed by atoms with Crippen molar-refractivity contribution in [3.8, 4) is 0 Å². The Balaban J connectivity index is 1.77. The molecule has 9 nitrogen and oxygen atoms in total. The monoisotopic (exact) mass is 499 g/mol. The summed E-state index contributed by atoms with van der Waals surface area (Å²) in [5.74, 6) is -2.71. The number of fused-ring (bicyclic) bond motifs is 4. The predicted octanol–water partition coefficient (Wildman–Crippen LogP) is 2.56. The van der Waals surface area contributed by atoms with Crippen molar-refractivity contribution in [2.24, 2.45) is 16.7 Å². The second kappa shape index (κ2) is 8.57. The van der Waals surface area contributed by atoms with E-state index in [-0.39, 0.29) is 30.0 Å². The summed E-state index contributed by atoms with van der Waals surface area (Å²) in [6, 6.07) is 0. The maximum Gasteiger partial charge on any atom is 0.340 e. The molecule has 5 rings (SSSR count). The Morgan fingerprint density at radius 3 is 2.56 bits per heavy atom.